The highest BCUT2D eigenvalue weighted by Crippen LogP contribution is 2.40. The molecule has 1 N–H and O–H groups in total. The van der Waals surface area contributed by atoms with Gasteiger partial charge in [-0.15, -0.1) is 0 Å². The van der Waals surface area contributed by atoms with Crippen LogP contribution in [-0.2, 0) is 16.6 Å². The van der Waals surface area contributed by atoms with E-state index in [4.69, 9.17) is 5.11 Å². The summed E-state index contributed by atoms with van der Waals surface area (Å²) in [5.74, 6) is -0.109. The highest BCUT2D eigenvalue weighted by Gasteiger charge is 2.44. The first-order valence-corrected chi connectivity index (χ1v) is 7.87. The molecule has 0 amide bonds. The third-order valence-corrected chi connectivity index (χ3v) is 6.07. The lowest BCUT2D eigenvalue weighted by Gasteiger charge is -2.26. The van der Waals surface area contributed by atoms with Crippen LogP contribution in [0.1, 0.15) is 24.8 Å². The smallest absolute Gasteiger partial charge is 0.243 e. The molecule has 0 aromatic heterocycles. The molecule has 0 spiro atoms. The molecule has 2 atom stereocenters. The Labute approximate surface area is 111 Å². The molecule has 2 bridgehead atoms. The molecular weight excluding hydrogens is 269 g/mol. The molecule has 2 fully saturated rings. The summed E-state index contributed by atoms with van der Waals surface area (Å²) >= 11 is 0. The van der Waals surface area contributed by atoms with Crippen LogP contribution in [0, 0.1) is 11.7 Å². The van der Waals surface area contributed by atoms with E-state index >= 15 is 0 Å². The molecule has 3 rings (SSSR count). The van der Waals surface area contributed by atoms with Crippen molar-refractivity contribution in [2.45, 2.75) is 36.8 Å². The van der Waals surface area contributed by atoms with Gasteiger partial charge in [-0.1, -0.05) is 0 Å². The van der Waals surface area contributed by atoms with Gasteiger partial charge in [0.2, 0.25) is 10.0 Å². The lowest BCUT2D eigenvalue weighted by Crippen LogP contribution is -2.37. The van der Waals surface area contributed by atoms with Crippen LogP contribution < -0.4 is 0 Å². The van der Waals surface area contributed by atoms with E-state index in [0.717, 1.165) is 25.3 Å². The van der Waals surface area contributed by atoms with Gasteiger partial charge in [-0.25, -0.2) is 12.8 Å². The van der Waals surface area contributed by atoms with Crippen LogP contribution >= 0.6 is 0 Å². The Morgan fingerprint density at radius 3 is 2.74 bits per heavy atom. The second-order valence-electron chi connectivity index (χ2n) is 5.32. The Morgan fingerprint density at radius 1 is 1.37 bits per heavy atom. The minimum atomic E-state index is -3.56. The van der Waals surface area contributed by atoms with E-state index < -0.39 is 22.4 Å². The maximum atomic E-state index is 13.3. The van der Waals surface area contributed by atoms with Gasteiger partial charge < -0.3 is 5.11 Å². The number of hydrogen-bond donors (Lipinski definition) is 1. The topological polar surface area (TPSA) is 57.6 Å². The monoisotopic (exact) mass is 285 g/mol. The molecule has 6 heteroatoms. The normalized spacial score (nSPS) is 27.1. The molecule has 1 heterocycles. The molecule has 1 aromatic carbocycles. The summed E-state index contributed by atoms with van der Waals surface area (Å²) in [6.07, 6.45) is 2.95. The second kappa shape index (κ2) is 4.54. The minimum absolute atomic E-state index is 0.0189. The van der Waals surface area contributed by atoms with Crippen LogP contribution in [0.15, 0.2) is 23.1 Å². The van der Waals surface area contributed by atoms with Crippen molar-refractivity contribution >= 4 is 10.0 Å². The Hall–Kier alpha value is -0.980. The number of piperidine rings is 1. The number of aliphatic hydroxyl groups is 1. The number of benzene rings is 1. The first-order chi connectivity index (χ1) is 9.02. The van der Waals surface area contributed by atoms with Crippen LogP contribution in [0.4, 0.5) is 4.39 Å². The standard InChI is InChI=1S/C13H16FNO3S/c14-13-4-3-12(6-10(13)8-16)19(17,18)15-7-9-1-2-11(15)5-9/h3-4,6,9,11,16H,1-2,5,7-8H2. The van der Waals surface area contributed by atoms with Gasteiger partial charge in [0, 0.05) is 18.2 Å². The summed E-state index contributed by atoms with van der Waals surface area (Å²) in [5.41, 5.74) is 0.0189. The zero-order valence-electron chi connectivity index (χ0n) is 10.4. The number of fused-ring (bicyclic) bond motifs is 2. The molecule has 19 heavy (non-hydrogen) atoms. The van der Waals surface area contributed by atoms with Gasteiger partial charge in [-0.2, -0.15) is 4.31 Å². The summed E-state index contributed by atoms with van der Waals surface area (Å²) in [5, 5.41) is 9.03. The van der Waals surface area contributed by atoms with Crippen molar-refractivity contribution < 1.29 is 17.9 Å². The van der Waals surface area contributed by atoms with Gasteiger partial charge in [0.15, 0.2) is 0 Å². The fourth-order valence-corrected chi connectivity index (χ4v) is 4.94. The fourth-order valence-electron chi connectivity index (χ4n) is 3.14. The Balaban J connectivity index is 1.96. The molecule has 2 aliphatic rings. The van der Waals surface area contributed by atoms with Crippen LogP contribution in [0.25, 0.3) is 0 Å². The first-order valence-electron chi connectivity index (χ1n) is 6.43. The lowest BCUT2D eigenvalue weighted by atomic mass is 10.1. The predicted molar refractivity (Wildman–Crippen MR) is 67.3 cm³/mol. The zero-order valence-corrected chi connectivity index (χ0v) is 11.2. The molecule has 1 saturated heterocycles. The zero-order chi connectivity index (χ0) is 13.6. The van der Waals surface area contributed by atoms with Gasteiger partial charge in [0.1, 0.15) is 5.82 Å². The summed E-state index contributed by atoms with van der Waals surface area (Å²) in [6.45, 7) is 0.0695. The quantitative estimate of drug-likeness (QED) is 0.915. The molecule has 1 aromatic rings. The first kappa shape index (κ1) is 13.0. The van der Waals surface area contributed by atoms with Gasteiger partial charge in [-0.3, -0.25) is 0 Å². The van der Waals surface area contributed by atoms with Crippen molar-refractivity contribution in [2.75, 3.05) is 6.54 Å². The number of hydrogen-bond acceptors (Lipinski definition) is 3. The summed E-state index contributed by atoms with van der Waals surface area (Å²) < 4.78 is 39.9. The van der Waals surface area contributed by atoms with Crippen LogP contribution in [-0.4, -0.2) is 30.4 Å². The van der Waals surface area contributed by atoms with Crippen molar-refractivity contribution in [2.24, 2.45) is 5.92 Å². The molecule has 0 radical (unpaired) electrons. The molecular formula is C13H16FNO3S. The minimum Gasteiger partial charge on any atom is -0.392 e. The number of aliphatic hydroxyl groups excluding tert-OH is 1. The van der Waals surface area contributed by atoms with Gasteiger partial charge in [0.25, 0.3) is 0 Å². The highest BCUT2D eigenvalue weighted by atomic mass is 32.2. The molecule has 1 saturated carbocycles. The molecule has 2 unspecified atom stereocenters. The second-order valence-corrected chi connectivity index (χ2v) is 7.21. The van der Waals surface area contributed by atoms with Crippen molar-refractivity contribution in [3.05, 3.63) is 29.6 Å². The SMILES string of the molecule is O=S(=O)(c1ccc(F)c(CO)c1)N1CC2CCC1C2. The average Bonchev–Trinajstić information content (AvgIpc) is 3.01. The third-order valence-electron chi connectivity index (χ3n) is 4.15. The van der Waals surface area contributed by atoms with Gasteiger partial charge >= 0.3 is 0 Å². The third kappa shape index (κ3) is 2.07. The van der Waals surface area contributed by atoms with Crippen molar-refractivity contribution in [3.63, 3.8) is 0 Å². The Morgan fingerprint density at radius 2 is 2.16 bits per heavy atom. The Kier molecular flexibility index (Phi) is 3.11. The van der Waals surface area contributed by atoms with Crippen LogP contribution in [0.5, 0.6) is 0 Å². The Bertz CT molecular complexity index is 602. The number of halogens is 1. The van der Waals surface area contributed by atoms with Crippen molar-refractivity contribution in [1.29, 1.82) is 0 Å². The van der Waals surface area contributed by atoms with Crippen molar-refractivity contribution in [3.8, 4) is 0 Å². The molecule has 1 aliphatic heterocycles. The fraction of sp³-hybridized carbons (Fsp3) is 0.538. The van der Waals surface area contributed by atoms with E-state index in [1.165, 1.54) is 16.4 Å². The maximum Gasteiger partial charge on any atom is 0.243 e. The molecule has 1 aliphatic carbocycles. The highest BCUT2D eigenvalue weighted by molar-refractivity contribution is 7.89. The summed E-state index contributed by atoms with van der Waals surface area (Å²) in [4.78, 5) is 0.0745. The molecule has 104 valence electrons. The van der Waals surface area contributed by atoms with E-state index in [2.05, 4.69) is 0 Å². The van der Waals surface area contributed by atoms with E-state index in [1.54, 1.807) is 0 Å². The largest absolute Gasteiger partial charge is 0.392 e. The van der Waals surface area contributed by atoms with Crippen molar-refractivity contribution in [1.82, 2.24) is 4.31 Å². The number of rotatable bonds is 3. The van der Waals surface area contributed by atoms with Crippen LogP contribution in [0.2, 0.25) is 0 Å². The summed E-state index contributed by atoms with van der Waals surface area (Å²) in [7, 11) is -3.56. The van der Waals surface area contributed by atoms with E-state index in [0.29, 0.717) is 12.5 Å². The predicted octanol–water partition coefficient (Wildman–Crippen LogP) is 1.49. The average molecular weight is 285 g/mol. The van der Waals surface area contributed by atoms with Gasteiger partial charge in [0.05, 0.1) is 11.5 Å². The van der Waals surface area contributed by atoms with Gasteiger partial charge in [-0.05, 0) is 43.4 Å². The maximum absolute atomic E-state index is 13.3. The number of nitrogens with zero attached hydrogens (tertiary/aromatic N) is 1. The van der Waals surface area contributed by atoms with E-state index in [-0.39, 0.29) is 16.5 Å². The number of sulfonamides is 1. The van der Waals surface area contributed by atoms with E-state index in [1.807, 2.05) is 0 Å². The molecule has 4 nitrogen and oxygen atoms in total. The summed E-state index contributed by atoms with van der Waals surface area (Å²) in [6, 6.07) is 3.71. The van der Waals surface area contributed by atoms with Crippen LogP contribution in [0.3, 0.4) is 0 Å². The lowest BCUT2D eigenvalue weighted by molar-refractivity contribution is 0.275. The van der Waals surface area contributed by atoms with E-state index in [9.17, 15) is 12.8 Å².